The lowest BCUT2D eigenvalue weighted by Crippen LogP contribution is -2.33. The Bertz CT molecular complexity index is 1200. The molecule has 0 saturated heterocycles. The first-order valence-electron chi connectivity index (χ1n) is 10.6. The summed E-state index contributed by atoms with van der Waals surface area (Å²) in [4.78, 5) is 11.0. The molecule has 4 rings (SSSR count). The van der Waals surface area contributed by atoms with Crippen LogP contribution in [-0.4, -0.2) is 26.4 Å². The SMILES string of the molecule is Cc1cc(N(C2CCCc3c(OCC(=O)O)cccc32)S(=O)O)ccc1-c1ccc(Cl)cc1. The van der Waals surface area contributed by atoms with Crippen LogP contribution in [0.4, 0.5) is 5.69 Å². The summed E-state index contributed by atoms with van der Waals surface area (Å²) in [5.41, 5.74) is 5.42. The standard InChI is InChI=1S/C25H24ClNO5S/c1-16-14-19(12-13-20(16)17-8-10-18(26)11-9-17)27(33(30)31)23-6-2-5-22-21(23)4-3-7-24(22)32-15-25(28)29/h3-4,7-14,23H,2,5-6,15H2,1H3,(H,28,29)(H,30,31). The smallest absolute Gasteiger partial charge is 0.341 e. The highest BCUT2D eigenvalue weighted by molar-refractivity contribution is 7.80. The summed E-state index contributed by atoms with van der Waals surface area (Å²) in [5.74, 6) is -0.535. The van der Waals surface area contributed by atoms with Crippen LogP contribution in [0.1, 0.15) is 35.6 Å². The molecule has 0 spiro atoms. The maximum atomic E-state index is 12.5. The number of fused-ring (bicyclic) bond motifs is 1. The fourth-order valence-electron chi connectivity index (χ4n) is 4.43. The van der Waals surface area contributed by atoms with E-state index in [1.165, 1.54) is 4.31 Å². The number of aliphatic carboxylic acids is 1. The summed E-state index contributed by atoms with van der Waals surface area (Å²) in [5, 5.41) is 9.64. The van der Waals surface area contributed by atoms with Gasteiger partial charge in [-0.1, -0.05) is 41.9 Å². The van der Waals surface area contributed by atoms with Gasteiger partial charge in [0.1, 0.15) is 5.75 Å². The molecule has 8 heteroatoms. The van der Waals surface area contributed by atoms with Crippen molar-refractivity contribution in [3.05, 3.63) is 82.4 Å². The number of hydrogen-bond donors (Lipinski definition) is 2. The molecular formula is C25H24ClNO5S. The number of carbonyl (C=O) groups is 1. The Hall–Kier alpha value is -2.87. The molecule has 0 fully saturated rings. The van der Waals surface area contributed by atoms with Crippen molar-refractivity contribution < 1.29 is 23.4 Å². The second-order valence-electron chi connectivity index (χ2n) is 7.98. The predicted molar refractivity (Wildman–Crippen MR) is 130 cm³/mol. The Morgan fingerprint density at radius 1 is 1.18 bits per heavy atom. The van der Waals surface area contributed by atoms with Gasteiger partial charge in [-0.05, 0) is 84.3 Å². The van der Waals surface area contributed by atoms with E-state index in [0.29, 0.717) is 22.9 Å². The van der Waals surface area contributed by atoms with Crippen molar-refractivity contribution in [3.63, 3.8) is 0 Å². The van der Waals surface area contributed by atoms with Crippen LogP contribution in [0.2, 0.25) is 5.02 Å². The van der Waals surface area contributed by atoms with E-state index in [1.807, 2.05) is 55.5 Å². The van der Waals surface area contributed by atoms with Crippen LogP contribution in [0, 0.1) is 6.92 Å². The minimum Gasteiger partial charge on any atom is -0.482 e. The quantitative estimate of drug-likeness (QED) is 0.413. The van der Waals surface area contributed by atoms with Crippen molar-refractivity contribution in [1.82, 2.24) is 0 Å². The molecule has 172 valence electrons. The van der Waals surface area contributed by atoms with Crippen molar-refractivity contribution >= 4 is 34.5 Å². The topological polar surface area (TPSA) is 87.1 Å². The molecule has 0 aliphatic heterocycles. The number of ether oxygens (including phenoxy) is 1. The van der Waals surface area contributed by atoms with E-state index in [4.69, 9.17) is 21.4 Å². The Labute approximate surface area is 200 Å². The highest BCUT2D eigenvalue weighted by Gasteiger charge is 2.31. The molecule has 0 aromatic heterocycles. The lowest BCUT2D eigenvalue weighted by atomic mass is 9.86. The third kappa shape index (κ3) is 5.05. The van der Waals surface area contributed by atoms with Gasteiger partial charge in [-0.3, -0.25) is 8.86 Å². The molecule has 0 radical (unpaired) electrons. The lowest BCUT2D eigenvalue weighted by Gasteiger charge is -2.35. The first-order valence-corrected chi connectivity index (χ1v) is 12.0. The molecule has 0 amide bonds. The molecule has 0 heterocycles. The zero-order chi connectivity index (χ0) is 23.5. The van der Waals surface area contributed by atoms with Crippen LogP contribution in [0.3, 0.4) is 0 Å². The Kier molecular flexibility index (Phi) is 7.02. The highest BCUT2D eigenvalue weighted by Crippen LogP contribution is 2.42. The molecule has 3 aromatic carbocycles. The average Bonchev–Trinajstić information content (AvgIpc) is 2.78. The van der Waals surface area contributed by atoms with Crippen molar-refractivity contribution in [2.75, 3.05) is 10.9 Å². The molecular weight excluding hydrogens is 462 g/mol. The number of benzene rings is 3. The van der Waals surface area contributed by atoms with Crippen LogP contribution in [0.5, 0.6) is 5.75 Å². The Morgan fingerprint density at radius 3 is 2.61 bits per heavy atom. The maximum Gasteiger partial charge on any atom is 0.341 e. The van der Waals surface area contributed by atoms with Crippen molar-refractivity contribution in [1.29, 1.82) is 0 Å². The molecule has 2 N–H and O–H groups in total. The summed E-state index contributed by atoms with van der Waals surface area (Å²) in [6, 6.07) is 18.4. The van der Waals surface area contributed by atoms with Gasteiger partial charge in [0.05, 0.1) is 11.7 Å². The van der Waals surface area contributed by atoms with Crippen LogP contribution >= 0.6 is 11.6 Å². The van der Waals surface area contributed by atoms with Gasteiger partial charge in [0.2, 0.25) is 0 Å². The van der Waals surface area contributed by atoms with E-state index in [2.05, 4.69) is 0 Å². The minimum atomic E-state index is -2.26. The Morgan fingerprint density at radius 2 is 1.94 bits per heavy atom. The molecule has 1 aliphatic rings. The summed E-state index contributed by atoms with van der Waals surface area (Å²) >= 11 is 3.75. The molecule has 1 aliphatic carbocycles. The van der Waals surface area contributed by atoms with Crippen LogP contribution in [0.15, 0.2) is 60.7 Å². The van der Waals surface area contributed by atoms with Crippen LogP contribution in [0.25, 0.3) is 11.1 Å². The van der Waals surface area contributed by atoms with Crippen molar-refractivity contribution in [2.24, 2.45) is 0 Å². The van der Waals surface area contributed by atoms with E-state index >= 15 is 0 Å². The van der Waals surface area contributed by atoms with Crippen LogP contribution < -0.4 is 9.04 Å². The number of aryl methyl sites for hydroxylation is 1. The normalized spacial score (nSPS) is 16.0. The lowest BCUT2D eigenvalue weighted by molar-refractivity contribution is -0.139. The third-order valence-electron chi connectivity index (χ3n) is 5.85. The second-order valence-corrected chi connectivity index (χ2v) is 9.27. The number of halogens is 1. The van der Waals surface area contributed by atoms with Gasteiger partial charge in [0.25, 0.3) is 11.3 Å². The van der Waals surface area contributed by atoms with E-state index in [-0.39, 0.29) is 6.04 Å². The highest BCUT2D eigenvalue weighted by atomic mass is 35.5. The summed E-state index contributed by atoms with van der Waals surface area (Å²) < 4.78 is 29.8. The molecule has 0 bridgehead atoms. The van der Waals surface area contributed by atoms with E-state index in [1.54, 1.807) is 12.1 Å². The van der Waals surface area contributed by atoms with Gasteiger partial charge in [0, 0.05) is 5.02 Å². The molecule has 3 aromatic rings. The number of anilines is 1. The monoisotopic (exact) mass is 485 g/mol. The Balaban J connectivity index is 1.70. The number of nitrogens with zero attached hydrogens (tertiary/aromatic N) is 1. The van der Waals surface area contributed by atoms with Crippen LogP contribution in [-0.2, 0) is 22.5 Å². The van der Waals surface area contributed by atoms with Crippen molar-refractivity contribution in [3.8, 4) is 16.9 Å². The average molecular weight is 486 g/mol. The molecule has 33 heavy (non-hydrogen) atoms. The number of rotatable bonds is 7. The van der Waals surface area contributed by atoms with Gasteiger partial charge in [-0.15, -0.1) is 0 Å². The first kappa shape index (κ1) is 23.3. The summed E-state index contributed by atoms with van der Waals surface area (Å²) in [6.07, 6.45) is 2.21. The van der Waals surface area contributed by atoms with Crippen molar-refractivity contribution in [2.45, 2.75) is 32.2 Å². The number of carboxylic acid groups (broad SMARTS) is 1. The zero-order valence-corrected chi connectivity index (χ0v) is 19.6. The molecule has 2 atom stereocenters. The molecule has 0 saturated carbocycles. The maximum absolute atomic E-state index is 12.5. The number of hydrogen-bond acceptors (Lipinski definition) is 3. The second kappa shape index (κ2) is 9.95. The fourth-order valence-corrected chi connectivity index (χ4v) is 5.28. The van der Waals surface area contributed by atoms with Gasteiger partial charge in [-0.25, -0.2) is 9.00 Å². The largest absolute Gasteiger partial charge is 0.482 e. The van der Waals surface area contributed by atoms with E-state index in [0.717, 1.165) is 40.7 Å². The number of carboxylic acids is 1. The predicted octanol–water partition coefficient (Wildman–Crippen LogP) is 5.80. The molecule has 6 nitrogen and oxygen atoms in total. The van der Waals surface area contributed by atoms with E-state index in [9.17, 15) is 13.6 Å². The van der Waals surface area contributed by atoms with Gasteiger partial charge >= 0.3 is 5.97 Å². The summed E-state index contributed by atoms with van der Waals surface area (Å²) in [6.45, 7) is 1.54. The fraction of sp³-hybridized carbons (Fsp3) is 0.240. The van der Waals surface area contributed by atoms with E-state index < -0.39 is 23.8 Å². The van der Waals surface area contributed by atoms with Gasteiger partial charge in [-0.2, -0.15) is 0 Å². The first-order chi connectivity index (χ1) is 15.8. The van der Waals surface area contributed by atoms with Gasteiger partial charge in [0.15, 0.2) is 6.61 Å². The summed E-state index contributed by atoms with van der Waals surface area (Å²) in [7, 11) is 0. The minimum absolute atomic E-state index is 0.339. The third-order valence-corrected chi connectivity index (χ3v) is 6.91. The molecule has 2 unspecified atom stereocenters. The van der Waals surface area contributed by atoms with Gasteiger partial charge < -0.3 is 9.84 Å². The zero-order valence-electron chi connectivity index (χ0n) is 18.0.